The van der Waals surface area contributed by atoms with Gasteiger partial charge < -0.3 is 9.64 Å². The van der Waals surface area contributed by atoms with Crippen LogP contribution < -0.4 is 0 Å². The first-order valence-corrected chi connectivity index (χ1v) is 7.61. The zero-order valence-electron chi connectivity index (χ0n) is 13.3. The van der Waals surface area contributed by atoms with Crippen LogP contribution >= 0.6 is 0 Å². The average molecular weight is 290 g/mol. The maximum atomic E-state index is 12.5. The second-order valence-corrected chi connectivity index (χ2v) is 6.51. The maximum Gasteiger partial charge on any atom is 0.236 e. The number of nitrogens with zero attached hydrogens (tertiary/aromatic N) is 2. The van der Waals surface area contributed by atoms with Crippen LogP contribution in [0.15, 0.2) is 30.3 Å². The van der Waals surface area contributed by atoms with Crippen LogP contribution in [-0.2, 0) is 16.1 Å². The Morgan fingerprint density at radius 1 is 1.19 bits per heavy atom. The van der Waals surface area contributed by atoms with E-state index in [1.807, 2.05) is 23.1 Å². The summed E-state index contributed by atoms with van der Waals surface area (Å²) in [6, 6.07) is 10.3. The van der Waals surface area contributed by atoms with Crippen LogP contribution in [0.5, 0.6) is 0 Å². The minimum absolute atomic E-state index is 0.0439. The predicted octanol–water partition coefficient (Wildman–Crippen LogP) is 2.15. The number of benzene rings is 1. The molecule has 1 aromatic carbocycles. The SMILES string of the molecule is CC(C)(C)N(CC(=O)N1CCOCC1)Cc1ccccc1. The Kier molecular flexibility index (Phi) is 5.37. The van der Waals surface area contributed by atoms with E-state index in [2.05, 4.69) is 37.8 Å². The number of carbonyl (C=O) groups is 1. The number of hydrogen-bond donors (Lipinski definition) is 0. The molecule has 0 aliphatic carbocycles. The zero-order chi connectivity index (χ0) is 15.3. The fourth-order valence-electron chi connectivity index (χ4n) is 2.41. The Morgan fingerprint density at radius 2 is 1.81 bits per heavy atom. The van der Waals surface area contributed by atoms with Gasteiger partial charge in [-0.15, -0.1) is 0 Å². The van der Waals surface area contributed by atoms with Crippen molar-refractivity contribution in [3.8, 4) is 0 Å². The van der Waals surface area contributed by atoms with Gasteiger partial charge in [0.1, 0.15) is 0 Å². The molecule has 1 saturated heterocycles. The van der Waals surface area contributed by atoms with Crippen molar-refractivity contribution >= 4 is 5.91 Å². The normalized spacial score (nSPS) is 16.3. The van der Waals surface area contributed by atoms with Gasteiger partial charge in [-0.25, -0.2) is 0 Å². The summed E-state index contributed by atoms with van der Waals surface area (Å²) in [5, 5.41) is 0. The summed E-state index contributed by atoms with van der Waals surface area (Å²) in [7, 11) is 0. The molecule has 2 rings (SSSR count). The Balaban J connectivity index is 2.01. The predicted molar refractivity (Wildman–Crippen MR) is 84.0 cm³/mol. The fraction of sp³-hybridized carbons (Fsp3) is 0.588. The minimum Gasteiger partial charge on any atom is -0.378 e. The third-order valence-electron chi connectivity index (χ3n) is 3.85. The van der Waals surface area contributed by atoms with Crippen LogP contribution in [0.2, 0.25) is 0 Å². The number of rotatable bonds is 4. The van der Waals surface area contributed by atoms with Crippen molar-refractivity contribution in [2.45, 2.75) is 32.9 Å². The highest BCUT2D eigenvalue weighted by Crippen LogP contribution is 2.17. The summed E-state index contributed by atoms with van der Waals surface area (Å²) in [4.78, 5) is 16.6. The lowest BCUT2D eigenvalue weighted by Crippen LogP contribution is -2.50. The van der Waals surface area contributed by atoms with Crippen LogP contribution in [0.3, 0.4) is 0 Å². The van der Waals surface area contributed by atoms with Gasteiger partial charge in [-0.05, 0) is 26.3 Å². The van der Waals surface area contributed by atoms with Crippen molar-refractivity contribution in [1.29, 1.82) is 0 Å². The molecule has 0 atom stereocenters. The van der Waals surface area contributed by atoms with Crippen LogP contribution in [-0.4, -0.2) is 54.1 Å². The van der Waals surface area contributed by atoms with E-state index in [0.29, 0.717) is 32.8 Å². The van der Waals surface area contributed by atoms with Crippen molar-refractivity contribution in [2.75, 3.05) is 32.8 Å². The minimum atomic E-state index is -0.0439. The van der Waals surface area contributed by atoms with Crippen molar-refractivity contribution < 1.29 is 9.53 Å². The second kappa shape index (κ2) is 7.05. The quantitative estimate of drug-likeness (QED) is 0.852. The molecule has 4 nitrogen and oxygen atoms in total. The lowest BCUT2D eigenvalue weighted by atomic mass is 10.0. The van der Waals surface area contributed by atoms with E-state index in [1.54, 1.807) is 0 Å². The molecule has 21 heavy (non-hydrogen) atoms. The summed E-state index contributed by atoms with van der Waals surface area (Å²) in [5.74, 6) is 0.198. The molecule has 1 aromatic rings. The van der Waals surface area contributed by atoms with Gasteiger partial charge in [-0.1, -0.05) is 30.3 Å². The van der Waals surface area contributed by atoms with Crippen LogP contribution in [0.4, 0.5) is 0 Å². The van der Waals surface area contributed by atoms with Gasteiger partial charge in [0, 0.05) is 25.2 Å². The molecule has 0 N–H and O–H groups in total. The maximum absolute atomic E-state index is 12.5. The molecule has 1 fully saturated rings. The topological polar surface area (TPSA) is 32.8 Å². The average Bonchev–Trinajstić information content (AvgIpc) is 2.47. The van der Waals surface area contributed by atoms with E-state index in [4.69, 9.17) is 4.74 Å². The highest BCUT2D eigenvalue weighted by molar-refractivity contribution is 5.78. The lowest BCUT2D eigenvalue weighted by Gasteiger charge is -2.37. The van der Waals surface area contributed by atoms with Gasteiger partial charge in [0.05, 0.1) is 19.8 Å². The number of carbonyl (C=O) groups excluding carboxylic acids is 1. The molecule has 0 spiro atoms. The van der Waals surface area contributed by atoms with E-state index in [1.165, 1.54) is 5.56 Å². The van der Waals surface area contributed by atoms with Gasteiger partial charge in [0.15, 0.2) is 0 Å². The number of hydrogen-bond acceptors (Lipinski definition) is 3. The Labute approximate surface area is 127 Å². The first-order chi connectivity index (χ1) is 9.97. The smallest absolute Gasteiger partial charge is 0.236 e. The molecule has 1 aliphatic heterocycles. The van der Waals surface area contributed by atoms with Gasteiger partial charge in [-0.2, -0.15) is 0 Å². The zero-order valence-corrected chi connectivity index (χ0v) is 13.3. The van der Waals surface area contributed by atoms with Crippen LogP contribution in [0, 0.1) is 0 Å². The van der Waals surface area contributed by atoms with E-state index in [-0.39, 0.29) is 11.4 Å². The molecule has 1 amide bonds. The molecule has 116 valence electrons. The first-order valence-electron chi connectivity index (χ1n) is 7.61. The Bertz CT molecular complexity index is 448. The van der Waals surface area contributed by atoms with Crippen molar-refractivity contribution in [2.24, 2.45) is 0 Å². The van der Waals surface area contributed by atoms with E-state index >= 15 is 0 Å². The van der Waals surface area contributed by atoms with Gasteiger partial charge in [0.2, 0.25) is 5.91 Å². The number of morpholine rings is 1. The van der Waals surface area contributed by atoms with Crippen LogP contribution in [0.1, 0.15) is 26.3 Å². The molecule has 0 unspecified atom stereocenters. The highest BCUT2D eigenvalue weighted by atomic mass is 16.5. The summed E-state index contributed by atoms with van der Waals surface area (Å²) < 4.78 is 5.31. The summed E-state index contributed by atoms with van der Waals surface area (Å²) in [6.07, 6.45) is 0. The third-order valence-corrected chi connectivity index (χ3v) is 3.85. The van der Waals surface area contributed by atoms with E-state index < -0.39 is 0 Å². The number of amides is 1. The second-order valence-electron chi connectivity index (χ2n) is 6.51. The summed E-state index contributed by atoms with van der Waals surface area (Å²) >= 11 is 0. The standard InChI is InChI=1S/C17H26N2O2/c1-17(2,3)19(13-15-7-5-4-6-8-15)14-16(20)18-9-11-21-12-10-18/h4-8H,9-14H2,1-3H3. The van der Waals surface area contributed by atoms with E-state index in [9.17, 15) is 4.79 Å². The Morgan fingerprint density at radius 3 is 2.38 bits per heavy atom. The molecule has 1 heterocycles. The molecule has 4 heteroatoms. The molecular weight excluding hydrogens is 264 g/mol. The molecule has 0 aromatic heterocycles. The van der Waals surface area contributed by atoms with Crippen molar-refractivity contribution in [1.82, 2.24) is 9.80 Å². The molecule has 0 bridgehead atoms. The van der Waals surface area contributed by atoms with E-state index in [0.717, 1.165) is 6.54 Å². The first kappa shape index (κ1) is 16.0. The van der Waals surface area contributed by atoms with Crippen molar-refractivity contribution in [3.05, 3.63) is 35.9 Å². The lowest BCUT2D eigenvalue weighted by molar-refractivity contribution is -0.138. The molecule has 1 aliphatic rings. The summed E-state index contributed by atoms with van der Waals surface area (Å²) in [6.45, 7) is 10.4. The van der Waals surface area contributed by atoms with Gasteiger partial charge in [0.25, 0.3) is 0 Å². The highest BCUT2D eigenvalue weighted by Gasteiger charge is 2.26. The van der Waals surface area contributed by atoms with Crippen molar-refractivity contribution in [3.63, 3.8) is 0 Å². The van der Waals surface area contributed by atoms with Gasteiger partial charge >= 0.3 is 0 Å². The monoisotopic (exact) mass is 290 g/mol. The molecular formula is C17H26N2O2. The third kappa shape index (κ3) is 4.83. The largest absolute Gasteiger partial charge is 0.378 e. The molecule has 0 radical (unpaired) electrons. The Hall–Kier alpha value is -1.39. The van der Waals surface area contributed by atoms with Gasteiger partial charge in [-0.3, -0.25) is 9.69 Å². The van der Waals surface area contributed by atoms with Crippen LogP contribution in [0.25, 0.3) is 0 Å². The summed E-state index contributed by atoms with van der Waals surface area (Å²) in [5.41, 5.74) is 1.19. The molecule has 0 saturated carbocycles. The number of ether oxygens (including phenoxy) is 1. The fourth-order valence-corrected chi connectivity index (χ4v) is 2.41.